The van der Waals surface area contributed by atoms with E-state index in [-0.39, 0.29) is 14.9 Å². The molecule has 1 N–H and O–H groups in total. The van der Waals surface area contributed by atoms with Crippen molar-refractivity contribution in [2.45, 2.75) is 31.3 Å². The molecule has 0 aliphatic rings. The summed E-state index contributed by atoms with van der Waals surface area (Å²) in [6.45, 7) is 3.33. The molecule has 2 amide bonds. The van der Waals surface area contributed by atoms with Gasteiger partial charge in [0.15, 0.2) is 0 Å². The van der Waals surface area contributed by atoms with Gasteiger partial charge < -0.3 is 14.7 Å². The van der Waals surface area contributed by atoms with E-state index < -0.39 is 45.0 Å². The van der Waals surface area contributed by atoms with Crippen LogP contribution in [0.5, 0.6) is 0 Å². The minimum atomic E-state index is -4.70. The first-order valence-electron chi connectivity index (χ1n) is 7.65. The number of nitrogens with zero attached hydrogens (tertiary/aromatic N) is 2. The molecule has 0 heterocycles. The van der Waals surface area contributed by atoms with Crippen molar-refractivity contribution in [3.8, 4) is 0 Å². The van der Waals surface area contributed by atoms with E-state index in [1.165, 1.54) is 51.9 Å². The number of benzene rings is 1. The van der Waals surface area contributed by atoms with Crippen molar-refractivity contribution in [1.29, 1.82) is 0 Å². The first-order chi connectivity index (χ1) is 12.2. The molecule has 0 aliphatic carbocycles. The summed E-state index contributed by atoms with van der Waals surface area (Å²) < 4.78 is 30.9. The molecular formula is C16H21ClN2O7S. The lowest BCUT2D eigenvalue weighted by Gasteiger charge is -2.26. The number of rotatable bonds is 5. The quantitative estimate of drug-likeness (QED) is 0.773. The summed E-state index contributed by atoms with van der Waals surface area (Å²) in [4.78, 5) is 36.1. The van der Waals surface area contributed by atoms with E-state index in [4.69, 9.17) is 21.4 Å². The maximum Gasteiger partial charge on any atom is 0.424 e. The third kappa shape index (κ3) is 5.83. The molecule has 0 spiro atoms. The van der Waals surface area contributed by atoms with Gasteiger partial charge in [-0.3, -0.25) is 9.59 Å². The summed E-state index contributed by atoms with van der Waals surface area (Å²) >= 11 is 5.95. The van der Waals surface area contributed by atoms with Gasteiger partial charge >= 0.3 is 12.1 Å². The van der Waals surface area contributed by atoms with Crippen LogP contribution in [0.2, 0.25) is 5.02 Å². The normalized spacial score (nSPS) is 11.6. The van der Waals surface area contributed by atoms with E-state index in [0.717, 1.165) is 6.07 Å². The Hall–Kier alpha value is -2.33. The van der Waals surface area contributed by atoms with Crippen LogP contribution in [0.1, 0.15) is 31.1 Å². The van der Waals surface area contributed by atoms with Crippen LogP contribution in [0.4, 0.5) is 4.79 Å². The van der Waals surface area contributed by atoms with E-state index in [0.29, 0.717) is 0 Å². The third-order valence-electron chi connectivity index (χ3n) is 3.03. The number of aliphatic carboxylic acids is 1. The highest BCUT2D eigenvalue weighted by Gasteiger charge is 2.36. The summed E-state index contributed by atoms with van der Waals surface area (Å²) in [6, 6.07) is 3.48. The summed E-state index contributed by atoms with van der Waals surface area (Å²) in [5, 5.41) is 8.74. The molecule has 0 bridgehead atoms. The molecule has 0 unspecified atom stereocenters. The molecule has 9 nitrogen and oxygen atoms in total. The van der Waals surface area contributed by atoms with Gasteiger partial charge in [0.25, 0.3) is 15.9 Å². The van der Waals surface area contributed by atoms with Crippen LogP contribution in [0.15, 0.2) is 23.1 Å². The van der Waals surface area contributed by atoms with Crippen molar-refractivity contribution in [2.24, 2.45) is 0 Å². The number of halogens is 1. The predicted octanol–water partition coefficient (Wildman–Crippen LogP) is 2.05. The van der Waals surface area contributed by atoms with Crippen molar-refractivity contribution in [3.05, 3.63) is 28.8 Å². The molecule has 1 aromatic carbocycles. The van der Waals surface area contributed by atoms with Crippen LogP contribution in [-0.4, -0.2) is 66.9 Å². The number of ether oxygens (including phenoxy) is 1. The molecule has 0 aromatic heterocycles. The molecule has 11 heteroatoms. The Morgan fingerprint density at radius 2 is 1.74 bits per heavy atom. The van der Waals surface area contributed by atoms with Crippen molar-refractivity contribution in [2.75, 3.05) is 20.6 Å². The number of hydrogen-bond acceptors (Lipinski definition) is 6. The van der Waals surface area contributed by atoms with E-state index >= 15 is 0 Å². The van der Waals surface area contributed by atoms with E-state index in [1.807, 2.05) is 0 Å². The van der Waals surface area contributed by atoms with Crippen molar-refractivity contribution in [3.63, 3.8) is 0 Å². The Morgan fingerprint density at radius 1 is 1.19 bits per heavy atom. The molecular weight excluding hydrogens is 400 g/mol. The molecule has 150 valence electrons. The maximum atomic E-state index is 12.9. The standard InChI is InChI=1S/C16H21ClN2O7S/c1-16(2,3)26-15(23)19(9-13(20)21)27(24,25)12-8-10(6-7-11(12)17)14(22)18(4)5/h6-8H,9H2,1-5H3,(H,20,21). The van der Waals surface area contributed by atoms with E-state index in [9.17, 15) is 22.8 Å². The van der Waals surface area contributed by atoms with Crippen LogP contribution in [0, 0.1) is 0 Å². The van der Waals surface area contributed by atoms with Gasteiger partial charge in [-0.15, -0.1) is 0 Å². The average molecular weight is 421 g/mol. The highest BCUT2D eigenvalue weighted by atomic mass is 35.5. The Labute approximate surface area is 162 Å². The van der Waals surface area contributed by atoms with Gasteiger partial charge in [0.05, 0.1) is 5.02 Å². The second-order valence-corrected chi connectivity index (χ2v) is 8.97. The minimum Gasteiger partial charge on any atom is -0.480 e. The zero-order chi connectivity index (χ0) is 21.2. The molecule has 0 fully saturated rings. The molecule has 0 saturated heterocycles. The highest BCUT2D eigenvalue weighted by molar-refractivity contribution is 7.89. The van der Waals surface area contributed by atoms with Gasteiger partial charge in [-0.2, -0.15) is 4.31 Å². The highest BCUT2D eigenvalue weighted by Crippen LogP contribution is 2.27. The first-order valence-corrected chi connectivity index (χ1v) is 9.47. The monoisotopic (exact) mass is 420 g/mol. The lowest BCUT2D eigenvalue weighted by molar-refractivity contribution is -0.137. The number of carboxylic acids is 1. The van der Waals surface area contributed by atoms with Crippen molar-refractivity contribution >= 4 is 39.6 Å². The Bertz CT molecular complexity index is 860. The molecule has 1 rings (SSSR count). The molecule has 27 heavy (non-hydrogen) atoms. The Kier molecular flexibility index (Phi) is 6.84. The second kappa shape index (κ2) is 8.13. The fourth-order valence-corrected chi connectivity index (χ4v) is 3.65. The number of sulfonamides is 1. The number of hydrogen-bond donors (Lipinski definition) is 1. The van der Waals surface area contributed by atoms with Crippen LogP contribution < -0.4 is 0 Å². The van der Waals surface area contributed by atoms with Crippen LogP contribution >= 0.6 is 11.6 Å². The molecule has 0 atom stereocenters. The van der Waals surface area contributed by atoms with Gasteiger partial charge in [0.2, 0.25) is 0 Å². The Morgan fingerprint density at radius 3 is 2.19 bits per heavy atom. The van der Waals surface area contributed by atoms with E-state index in [2.05, 4.69) is 0 Å². The number of amides is 2. The molecule has 1 aromatic rings. The molecule has 0 saturated carbocycles. The lowest BCUT2D eigenvalue weighted by atomic mass is 10.2. The first kappa shape index (κ1) is 22.7. The smallest absolute Gasteiger partial charge is 0.424 e. The number of carbonyl (C=O) groups excluding carboxylic acids is 2. The molecule has 0 aliphatic heterocycles. The Balaban J connectivity index is 3.50. The van der Waals surface area contributed by atoms with Gasteiger partial charge in [-0.05, 0) is 39.0 Å². The van der Waals surface area contributed by atoms with Crippen molar-refractivity contribution < 1.29 is 32.6 Å². The third-order valence-corrected chi connectivity index (χ3v) is 5.22. The maximum absolute atomic E-state index is 12.9. The zero-order valence-electron chi connectivity index (χ0n) is 15.5. The summed E-state index contributed by atoms with van der Waals surface area (Å²) in [5.41, 5.74) is -1.06. The topological polar surface area (TPSA) is 121 Å². The second-order valence-electron chi connectivity index (χ2n) is 6.73. The fraction of sp³-hybridized carbons (Fsp3) is 0.438. The van der Waals surface area contributed by atoms with Gasteiger partial charge in [0, 0.05) is 19.7 Å². The van der Waals surface area contributed by atoms with Gasteiger partial charge in [-0.25, -0.2) is 13.2 Å². The largest absolute Gasteiger partial charge is 0.480 e. The summed E-state index contributed by atoms with van der Waals surface area (Å²) in [5.74, 6) is -2.06. The van der Waals surface area contributed by atoms with Gasteiger partial charge in [-0.1, -0.05) is 11.6 Å². The van der Waals surface area contributed by atoms with Gasteiger partial charge in [0.1, 0.15) is 17.0 Å². The lowest BCUT2D eigenvalue weighted by Crippen LogP contribution is -2.43. The number of carbonyl (C=O) groups is 3. The van der Waals surface area contributed by atoms with Crippen LogP contribution in [-0.2, 0) is 19.6 Å². The average Bonchev–Trinajstić information content (AvgIpc) is 2.50. The van der Waals surface area contributed by atoms with Crippen LogP contribution in [0.3, 0.4) is 0 Å². The minimum absolute atomic E-state index is 0.00226. The predicted molar refractivity (Wildman–Crippen MR) is 97.2 cm³/mol. The van der Waals surface area contributed by atoms with Crippen LogP contribution in [0.25, 0.3) is 0 Å². The van der Waals surface area contributed by atoms with Crippen molar-refractivity contribution in [1.82, 2.24) is 9.21 Å². The SMILES string of the molecule is CN(C)C(=O)c1ccc(Cl)c(S(=O)(=O)N(CC(=O)O)C(=O)OC(C)(C)C)c1. The number of carboxylic acid groups (broad SMARTS) is 1. The molecule has 0 radical (unpaired) electrons. The van der Waals surface area contributed by atoms with E-state index in [1.54, 1.807) is 0 Å². The zero-order valence-corrected chi connectivity index (χ0v) is 17.1. The summed E-state index contributed by atoms with van der Waals surface area (Å²) in [7, 11) is -1.76. The summed E-state index contributed by atoms with van der Waals surface area (Å²) in [6.07, 6.45) is -1.37. The fourth-order valence-electron chi connectivity index (χ4n) is 1.89.